The number of pyridine rings is 1. The summed E-state index contributed by atoms with van der Waals surface area (Å²) in [6.45, 7) is 5.08. The summed E-state index contributed by atoms with van der Waals surface area (Å²) in [5, 5.41) is 1.18. The molecule has 5 rings (SSSR count). The van der Waals surface area contributed by atoms with Crippen LogP contribution in [0.15, 0.2) is 85.1 Å². The first-order valence-electron chi connectivity index (χ1n) is 12.3. The molecule has 4 aromatic rings. The first-order valence-corrected chi connectivity index (χ1v) is 12.3. The van der Waals surface area contributed by atoms with Crippen LogP contribution >= 0.6 is 0 Å². The zero-order valence-corrected chi connectivity index (χ0v) is 20.0. The summed E-state index contributed by atoms with van der Waals surface area (Å²) in [5.41, 5.74) is 6.17. The van der Waals surface area contributed by atoms with Gasteiger partial charge in [-0.25, -0.2) is 0 Å². The summed E-state index contributed by atoms with van der Waals surface area (Å²) in [6, 6.07) is 28.2. The third-order valence-electron chi connectivity index (χ3n) is 6.68. The minimum Gasteiger partial charge on any atom is -0.497 e. The summed E-state index contributed by atoms with van der Waals surface area (Å²) in [4.78, 5) is 9.61. The molecule has 1 aliphatic heterocycles. The maximum atomic E-state index is 5.48. The monoisotopic (exact) mass is 451 g/mol. The summed E-state index contributed by atoms with van der Waals surface area (Å²) in [5.74, 6) is 0.895. The molecule has 34 heavy (non-hydrogen) atoms. The number of likely N-dealkylation sites (tertiary alicyclic amines) is 1. The summed E-state index contributed by atoms with van der Waals surface area (Å²) < 4.78 is 5.48. The second kappa shape index (κ2) is 10.7. The van der Waals surface area contributed by atoms with Crippen molar-refractivity contribution < 1.29 is 4.74 Å². The van der Waals surface area contributed by atoms with E-state index in [2.05, 4.69) is 81.5 Å². The van der Waals surface area contributed by atoms with Gasteiger partial charge in [-0.3, -0.25) is 9.88 Å². The fourth-order valence-corrected chi connectivity index (χ4v) is 4.89. The number of hydrogen-bond acceptors (Lipinski definition) is 4. The van der Waals surface area contributed by atoms with Gasteiger partial charge in [0.25, 0.3) is 0 Å². The lowest BCUT2D eigenvalue weighted by Gasteiger charge is -2.28. The Morgan fingerprint density at radius 1 is 0.794 bits per heavy atom. The molecule has 1 aromatic heterocycles. The van der Waals surface area contributed by atoms with Crippen LogP contribution in [0.1, 0.15) is 36.0 Å². The number of anilines is 1. The van der Waals surface area contributed by atoms with Crippen molar-refractivity contribution in [1.82, 2.24) is 9.88 Å². The predicted molar refractivity (Wildman–Crippen MR) is 140 cm³/mol. The average Bonchev–Trinajstić information content (AvgIpc) is 2.89. The molecule has 1 saturated heterocycles. The summed E-state index contributed by atoms with van der Waals surface area (Å²) >= 11 is 0. The van der Waals surface area contributed by atoms with E-state index in [-0.39, 0.29) is 0 Å². The van der Waals surface area contributed by atoms with E-state index in [1.807, 2.05) is 18.3 Å². The normalized spacial score (nSPS) is 14.3. The van der Waals surface area contributed by atoms with Crippen molar-refractivity contribution in [2.24, 2.45) is 0 Å². The smallest absolute Gasteiger partial charge is 0.119 e. The fraction of sp³-hybridized carbons (Fsp3) is 0.300. The first kappa shape index (κ1) is 22.4. The highest BCUT2D eigenvalue weighted by Gasteiger charge is 2.14. The van der Waals surface area contributed by atoms with Crippen molar-refractivity contribution in [3.05, 3.63) is 102 Å². The van der Waals surface area contributed by atoms with E-state index >= 15 is 0 Å². The number of aromatic nitrogens is 1. The van der Waals surface area contributed by atoms with Crippen LogP contribution < -0.4 is 9.64 Å². The minimum atomic E-state index is 0.810. The number of piperidine rings is 1. The maximum Gasteiger partial charge on any atom is 0.119 e. The Hall–Kier alpha value is -3.37. The molecule has 0 aliphatic carbocycles. The molecule has 0 unspecified atom stereocenters. The lowest BCUT2D eigenvalue weighted by molar-refractivity contribution is 0.221. The Balaban J connectivity index is 1.43. The molecule has 1 fully saturated rings. The summed E-state index contributed by atoms with van der Waals surface area (Å²) in [6.07, 6.45) is 5.87. The number of nitrogens with zero attached hydrogens (tertiary/aromatic N) is 3. The topological polar surface area (TPSA) is 28.6 Å². The van der Waals surface area contributed by atoms with E-state index in [0.717, 1.165) is 30.9 Å². The van der Waals surface area contributed by atoms with Gasteiger partial charge >= 0.3 is 0 Å². The molecule has 3 aromatic carbocycles. The van der Waals surface area contributed by atoms with Gasteiger partial charge in [0.1, 0.15) is 5.75 Å². The number of ether oxygens (including phenoxy) is 1. The van der Waals surface area contributed by atoms with Crippen molar-refractivity contribution in [3.63, 3.8) is 0 Å². The molecular weight excluding hydrogens is 418 g/mol. The van der Waals surface area contributed by atoms with Gasteiger partial charge in [0.15, 0.2) is 0 Å². The van der Waals surface area contributed by atoms with Crippen LogP contribution in [0.2, 0.25) is 0 Å². The van der Waals surface area contributed by atoms with Crippen LogP contribution in [0.5, 0.6) is 5.75 Å². The van der Waals surface area contributed by atoms with E-state index < -0.39 is 0 Å². The molecular formula is C30H33N3O. The van der Waals surface area contributed by atoms with E-state index in [1.165, 1.54) is 60.1 Å². The minimum absolute atomic E-state index is 0.810. The molecule has 0 radical (unpaired) electrons. The van der Waals surface area contributed by atoms with Crippen LogP contribution in [0.3, 0.4) is 0 Å². The number of benzene rings is 3. The largest absolute Gasteiger partial charge is 0.497 e. The van der Waals surface area contributed by atoms with Gasteiger partial charge in [-0.1, -0.05) is 48.9 Å². The Morgan fingerprint density at radius 3 is 2.44 bits per heavy atom. The lowest BCUT2D eigenvalue weighted by Crippen LogP contribution is -2.29. The van der Waals surface area contributed by atoms with Gasteiger partial charge in [0.05, 0.1) is 12.6 Å². The van der Waals surface area contributed by atoms with Crippen molar-refractivity contribution in [2.75, 3.05) is 25.1 Å². The van der Waals surface area contributed by atoms with Gasteiger partial charge in [0, 0.05) is 36.9 Å². The van der Waals surface area contributed by atoms with Crippen LogP contribution in [-0.4, -0.2) is 30.1 Å². The van der Waals surface area contributed by atoms with Crippen LogP contribution in [-0.2, 0) is 19.6 Å². The van der Waals surface area contributed by atoms with E-state index in [9.17, 15) is 0 Å². The quantitative estimate of drug-likeness (QED) is 0.308. The predicted octanol–water partition coefficient (Wildman–Crippen LogP) is 6.44. The zero-order chi connectivity index (χ0) is 23.2. The number of hydrogen-bond donors (Lipinski definition) is 0. The highest BCUT2D eigenvalue weighted by Crippen LogP contribution is 2.25. The third-order valence-corrected chi connectivity index (χ3v) is 6.68. The Morgan fingerprint density at radius 2 is 1.59 bits per heavy atom. The van der Waals surface area contributed by atoms with Crippen LogP contribution in [0, 0.1) is 0 Å². The second-order valence-electron chi connectivity index (χ2n) is 9.24. The second-order valence-corrected chi connectivity index (χ2v) is 9.24. The molecule has 0 spiro atoms. The zero-order valence-electron chi connectivity index (χ0n) is 20.0. The third kappa shape index (κ3) is 5.57. The van der Waals surface area contributed by atoms with Gasteiger partial charge in [-0.2, -0.15) is 0 Å². The van der Waals surface area contributed by atoms with Gasteiger partial charge in [-0.15, -0.1) is 0 Å². The maximum absolute atomic E-state index is 5.48. The van der Waals surface area contributed by atoms with Crippen molar-refractivity contribution >= 4 is 16.6 Å². The molecule has 0 N–H and O–H groups in total. The average molecular weight is 452 g/mol. The van der Waals surface area contributed by atoms with Crippen LogP contribution in [0.4, 0.5) is 5.69 Å². The van der Waals surface area contributed by atoms with Gasteiger partial charge < -0.3 is 9.64 Å². The molecule has 4 heteroatoms. The highest BCUT2D eigenvalue weighted by molar-refractivity contribution is 5.79. The lowest BCUT2D eigenvalue weighted by atomic mass is 10.1. The van der Waals surface area contributed by atoms with Crippen LogP contribution in [0.25, 0.3) is 10.9 Å². The molecule has 4 nitrogen and oxygen atoms in total. The Labute approximate surface area is 202 Å². The molecule has 0 atom stereocenters. The first-order chi connectivity index (χ1) is 16.8. The fourth-order valence-electron chi connectivity index (χ4n) is 4.89. The van der Waals surface area contributed by atoms with E-state index in [4.69, 9.17) is 4.74 Å². The van der Waals surface area contributed by atoms with Crippen molar-refractivity contribution in [1.29, 1.82) is 0 Å². The SMILES string of the molecule is COc1cccc(CN(Cc2ccc3cccnc3c2)c2cccc(CN3CCCCC3)c2)c1. The molecule has 174 valence electrons. The van der Waals surface area contributed by atoms with Crippen molar-refractivity contribution in [3.8, 4) is 5.75 Å². The number of fused-ring (bicyclic) bond motifs is 1. The van der Waals surface area contributed by atoms with Crippen molar-refractivity contribution in [2.45, 2.75) is 38.9 Å². The molecule has 1 aliphatic rings. The number of rotatable bonds is 8. The molecule has 0 amide bonds. The Kier molecular flexibility index (Phi) is 7.06. The molecule has 0 bridgehead atoms. The Bertz CT molecular complexity index is 1230. The van der Waals surface area contributed by atoms with Gasteiger partial charge in [-0.05, 0) is 79.0 Å². The van der Waals surface area contributed by atoms with E-state index in [0.29, 0.717) is 0 Å². The van der Waals surface area contributed by atoms with E-state index in [1.54, 1.807) is 7.11 Å². The molecule has 0 saturated carbocycles. The highest BCUT2D eigenvalue weighted by atomic mass is 16.5. The standard InChI is InChI=1S/C30H33N3O/c1-34-29-12-6-9-25(19-29)22-33(23-26-13-14-27-10-7-15-31-30(27)20-26)28-11-5-8-24(18-28)21-32-16-3-2-4-17-32/h5-15,18-20H,2-4,16-17,21-23H2,1H3. The summed E-state index contributed by atoms with van der Waals surface area (Å²) in [7, 11) is 1.73. The molecule has 2 heterocycles. The number of methoxy groups -OCH3 is 1. The van der Waals surface area contributed by atoms with Gasteiger partial charge in [0.2, 0.25) is 0 Å².